The van der Waals surface area contributed by atoms with E-state index in [1.165, 1.54) is 0 Å². The maximum absolute atomic E-state index is 13.1. The second-order valence-electron chi connectivity index (χ2n) is 10.0. The second-order valence-corrected chi connectivity index (χ2v) is 12.0. The Morgan fingerprint density at radius 2 is 1.70 bits per heavy atom. The molecule has 0 spiro atoms. The molecular weight excluding hydrogens is 524 g/mol. The maximum atomic E-state index is 13.1. The number of benzene rings is 3. The largest absolute Gasteiger partial charge is 0.394 e. The fraction of sp³-hybridized carbons (Fsp3) is 0.200. The first kappa shape index (κ1) is 27.3. The van der Waals surface area contributed by atoms with E-state index in [2.05, 4.69) is 31.8 Å². The Morgan fingerprint density at radius 3 is 2.30 bits per heavy atom. The Balaban J connectivity index is 1.35. The van der Waals surface area contributed by atoms with Crippen molar-refractivity contribution in [2.45, 2.75) is 36.1 Å². The number of carbonyl (C=O) groups is 1. The lowest BCUT2D eigenvalue weighted by Crippen LogP contribution is -2.27. The normalized spacial score (nSPS) is 15.9. The molecule has 1 aliphatic carbocycles. The van der Waals surface area contributed by atoms with Gasteiger partial charge >= 0.3 is 0 Å². The monoisotopic (exact) mass is 556 g/mol. The second kappa shape index (κ2) is 11.1. The number of aromatic nitrogens is 2. The van der Waals surface area contributed by atoms with Crippen LogP contribution in [0.15, 0.2) is 90.0 Å². The van der Waals surface area contributed by atoms with Crippen LogP contribution in [0.5, 0.6) is 0 Å². The summed E-state index contributed by atoms with van der Waals surface area (Å²) in [6.07, 6.45) is 3.37. The molecule has 0 bridgehead atoms. The molecule has 2 atom stereocenters. The Labute approximate surface area is 234 Å². The fourth-order valence-corrected chi connectivity index (χ4v) is 5.05. The van der Waals surface area contributed by atoms with E-state index in [1.54, 1.807) is 30.5 Å². The first-order valence-electron chi connectivity index (χ1n) is 12.9. The number of carbonyl (C=O) groups excluding carboxylic acids is 1. The molecule has 10 heteroatoms. The van der Waals surface area contributed by atoms with Gasteiger partial charge in [-0.15, -0.1) is 0 Å². The van der Waals surface area contributed by atoms with E-state index in [4.69, 9.17) is 5.14 Å². The van der Waals surface area contributed by atoms with E-state index < -0.39 is 15.1 Å². The molecule has 0 aliphatic heterocycles. The lowest BCUT2D eigenvalue weighted by Gasteiger charge is -2.18. The van der Waals surface area contributed by atoms with Crippen LogP contribution in [0.1, 0.15) is 25.3 Å². The van der Waals surface area contributed by atoms with E-state index in [-0.39, 0.29) is 18.6 Å². The molecule has 1 heterocycles. The fourth-order valence-electron chi connectivity index (χ4n) is 4.45. The number of aliphatic hydroxyl groups excluding tert-OH is 1. The molecule has 4 aromatic rings. The summed E-state index contributed by atoms with van der Waals surface area (Å²) in [6, 6.07) is 23.9. The summed E-state index contributed by atoms with van der Waals surface area (Å²) < 4.78 is 12.0. The van der Waals surface area contributed by atoms with Crippen molar-refractivity contribution >= 4 is 44.6 Å². The molecule has 1 unspecified atom stereocenters. The van der Waals surface area contributed by atoms with Crippen LogP contribution in [0.2, 0.25) is 0 Å². The Morgan fingerprint density at radius 1 is 1.05 bits per heavy atom. The van der Waals surface area contributed by atoms with Crippen molar-refractivity contribution in [2.24, 2.45) is 5.14 Å². The van der Waals surface area contributed by atoms with Gasteiger partial charge in [0.15, 0.2) is 0 Å². The lowest BCUT2D eigenvalue weighted by atomic mass is 9.95. The van der Waals surface area contributed by atoms with Gasteiger partial charge in [-0.05, 0) is 73.2 Å². The predicted molar refractivity (Wildman–Crippen MR) is 161 cm³/mol. The number of nitrogens with zero attached hydrogens (tertiary/aromatic N) is 2. The molecule has 1 fully saturated rings. The zero-order valence-corrected chi connectivity index (χ0v) is 22.9. The third-order valence-electron chi connectivity index (χ3n) is 6.92. The number of amides is 1. The van der Waals surface area contributed by atoms with Crippen LogP contribution < -0.4 is 21.1 Å². The molecule has 9 nitrogen and oxygen atoms in total. The van der Waals surface area contributed by atoms with Crippen LogP contribution >= 0.6 is 0 Å². The van der Waals surface area contributed by atoms with Crippen LogP contribution in [0, 0.1) is 0 Å². The highest BCUT2D eigenvalue weighted by atomic mass is 32.2. The molecule has 0 saturated heterocycles. The highest BCUT2D eigenvalue weighted by Gasteiger charge is 2.51. The molecule has 206 valence electrons. The molecule has 5 rings (SSSR count). The van der Waals surface area contributed by atoms with Gasteiger partial charge in [0, 0.05) is 34.1 Å². The third-order valence-corrected chi connectivity index (χ3v) is 7.99. The van der Waals surface area contributed by atoms with Crippen LogP contribution in [-0.4, -0.2) is 43.7 Å². The zero-order valence-electron chi connectivity index (χ0n) is 22.1. The van der Waals surface area contributed by atoms with Gasteiger partial charge in [-0.3, -0.25) is 9.93 Å². The summed E-state index contributed by atoms with van der Waals surface area (Å²) in [6.45, 7) is 1.77. The maximum Gasteiger partial charge on any atom is 0.235 e. The van der Waals surface area contributed by atoms with Crippen molar-refractivity contribution in [1.29, 1.82) is 0 Å². The highest BCUT2D eigenvalue weighted by molar-refractivity contribution is 7.98. The predicted octanol–water partition coefficient (Wildman–Crippen LogP) is 4.30. The van der Waals surface area contributed by atoms with Gasteiger partial charge in [0.05, 0.1) is 21.7 Å². The van der Waals surface area contributed by atoms with E-state index in [1.807, 2.05) is 61.5 Å². The molecule has 6 N–H and O–H groups in total. The smallest absolute Gasteiger partial charge is 0.235 e. The van der Waals surface area contributed by atoms with Crippen molar-refractivity contribution in [1.82, 2.24) is 9.97 Å². The average molecular weight is 557 g/mol. The van der Waals surface area contributed by atoms with Crippen LogP contribution in [0.4, 0.5) is 23.1 Å². The van der Waals surface area contributed by atoms with E-state index in [0.29, 0.717) is 28.0 Å². The summed E-state index contributed by atoms with van der Waals surface area (Å²) in [5.74, 6) is 4.38. The first-order chi connectivity index (χ1) is 19.2. The van der Waals surface area contributed by atoms with Gasteiger partial charge in [-0.25, -0.2) is 9.19 Å². The molecule has 1 aromatic heterocycles. The number of aliphatic hydroxyl groups is 1. The number of rotatable bonds is 10. The first-order valence-corrected chi connectivity index (χ1v) is 14.7. The van der Waals surface area contributed by atoms with Crippen molar-refractivity contribution in [2.75, 3.05) is 22.6 Å². The minimum Gasteiger partial charge on any atom is -0.394 e. The van der Waals surface area contributed by atoms with Gasteiger partial charge in [0.25, 0.3) is 0 Å². The molecule has 40 heavy (non-hydrogen) atoms. The summed E-state index contributed by atoms with van der Waals surface area (Å²) in [5.41, 5.74) is 3.57. The molecule has 1 aliphatic rings. The Bertz CT molecular complexity index is 1600. The van der Waals surface area contributed by atoms with Gasteiger partial charge in [0.2, 0.25) is 11.9 Å². The summed E-state index contributed by atoms with van der Waals surface area (Å²) >= 11 is 0. The van der Waals surface area contributed by atoms with Gasteiger partial charge in [-0.2, -0.15) is 4.98 Å². The third kappa shape index (κ3) is 5.99. The SMILES string of the molecule is C=S(N)(=O)c1ccc(Nc2ncc(-c3ccc(NC(=O)C4(c5ccccc5)CC4)cc3)c(N[C@H](C)CO)n2)cc1. The topological polar surface area (TPSA) is 142 Å². The van der Waals surface area contributed by atoms with Crippen LogP contribution in [0.3, 0.4) is 0 Å². The molecule has 3 aromatic carbocycles. The highest BCUT2D eigenvalue weighted by Crippen LogP contribution is 2.49. The Kier molecular flexibility index (Phi) is 7.57. The number of nitrogens with two attached hydrogens (primary N) is 1. The number of hydrogen-bond acceptors (Lipinski definition) is 7. The van der Waals surface area contributed by atoms with Crippen molar-refractivity contribution in [3.63, 3.8) is 0 Å². The quantitative estimate of drug-likeness (QED) is 0.183. The number of hydrogen-bond donors (Lipinski definition) is 5. The van der Waals surface area contributed by atoms with Crippen molar-refractivity contribution in [3.05, 3.63) is 90.6 Å². The van der Waals surface area contributed by atoms with Crippen LogP contribution in [0.25, 0.3) is 11.1 Å². The zero-order chi connectivity index (χ0) is 28.3. The van der Waals surface area contributed by atoms with Gasteiger partial charge < -0.3 is 21.1 Å². The number of nitrogens with one attached hydrogen (secondary N) is 3. The Hall–Kier alpha value is -4.25. The van der Waals surface area contributed by atoms with Crippen LogP contribution in [-0.2, 0) is 19.9 Å². The molecule has 0 radical (unpaired) electrons. The minimum absolute atomic E-state index is 0.00128. The summed E-state index contributed by atoms with van der Waals surface area (Å²) in [4.78, 5) is 22.7. The average Bonchev–Trinajstić information content (AvgIpc) is 3.76. The summed E-state index contributed by atoms with van der Waals surface area (Å²) in [5, 5.41) is 24.7. The number of anilines is 4. The van der Waals surface area contributed by atoms with Gasteiger partial charge in [-0.1, -0.05) is 42.5 Å². The molecule has 1 saturated carbocycles. The van der Waals surface area contributed by atoms with Crippen molar-refractivity contribution in [3.8, 4) is 11.1 Å². The van der Waals surface area contributed by atoms with E-state index in [9.17, 15) is 14.1 Å². The lowest BCUT2D eigenvalue weighted by molar-refractivity contribution is -0.118. The van der Waals surface area contributed by atoms with E-state index in [0.717, 1.165) is 29.5 Å². The minimum atomic E-state index is -2.79. The summed E-state index contributed by atoms with van der Waals surface area (Å²) in [7, 11) is -2.79. The van der Waals surface area contributed by atoms with Gasteiger partial charge in [0.1, 0.15) is 5.82 Å². The van der Waals surface area contributed by atoms with Crippen molar-refractivity contribution < 1.29 is 14.1 Å². The molecular formula is C30H32N6O3S. The van der Waals surface area contributed by atoms with E-state index >= 15 is 0 Å². The molecule has 1 amide bonds. The standard InChI is InChI=1S/C30H32N6O3S/c1-20(19-37)33-27-26(18-32-29(36-27)35-24-12-14-25(15-13-24)40(2,31)39)21-8-10-23(11-9-21)34-28(38)30(16-17-30)22-6-4-3-5-7-22/h3-15,18,20,37H,2,16-17,19H2,1H3,(H2,31,39)(H,34,38)(H2,32,33,35,36)/t20-,40?/m1/s1.